The van der Waals surface area contributed by atoms with Gasteiger partial charge in [0, 0.05) is 26.2 Å². The van der Waals surface area contributed by atoms with Crippen molar-refractivity contribution in [2.24, 2.45) is 0 Å². The molecule has 2 unspecified atom stereocenters. The molecular formula is C10H21NO3. The van der Waals surface area contributed by atoms with Crippen LogP contribution in [0.1, 0.15) is 33.1 Å². The van der Waals surface area contributed by atoms with Gasteiger partial charge in [0.1, 0.15) is 0 Å². The number of hydrogen-bond acceptors (Lipinski definition) is 3. The van der Waals surface area contributed by atoms with Crippen molar-refractivity contribution in [1.82, 2.24) is 5.32 Å². The molecule has 2 atom stereocenters. The average Bonchev–Trinajstić information content (AvgIpc) is 2.11. The van der Waals surface area contributed by atoms with E-state index in [9.17, 15) is 4.79 Å². The highest BCUT2D eigenvalue weighted by Gasteiger charge is 2.07. The van der Waals surface area contributed by atoms with E-state index in [2.05, 4.69) is 5.32 Å². The molecule has 0 saturated heterocycles. The third-order valence-electron chi connectivity index (χ3n) is 1.95. The van der Waals surface area contributed by atoms with Crippen LogP contribution in [0, 0.1) is 0 Å². The first-order valence-corrected chi connectivity index (χ1v) is 5.02. The van der Waals surface area contributed by atoms with E-state index >= 15 is 0 Å². The van der Waals surface area contributed by atoms with Crippen molar-refractivity contribution in [3.05, 3.63) is 0 Å². The summed E-state index contributed by atoms with van der Waals surface area (Å²) in [5.74, 6) is -0.00509. The van der Waals surface area contributed by atoms with Crippen LogP contribution in [0.2, 0.25) is 0 Å². The number of nitrogens with one attached hydrogen (secondary N) is 1. The summed E-state index contributed by atoms with van der Waals surface area (Å²) in [6.07, 6.45) is 1.31. The van der Waals surface area contributed by atoms with Gasteiger partial charge < -0.3 is 15.2 Å². The lowest BCUT2D eigenvalue weighted by atomic mass is 10.2. The summed E-state index contributed by atoms with van der Waals surface area (Å²) in [4.78, 5) is 11.3. The second-order valence-corrected chi connectivity index (χ2v) is 3.64. The van der Waals surface area contributed by atoms with Crippen molar-refractivity contribution in [2.45, 2.75) is 45.3 Å². The summed E-state index contributed by atoms with van der Waals surface area (Å²) in [5, 5.41) is 11.8. The normalized spacial score (nSPS) is 14.9. The van der Waals surface area contributed by atoms with E-state index < -0.39 is 6.10 Å². The Morgan fingerprint density at radius 2 is 2.07 bits per heavy atom. The van der Waals surface area contributed by atoms with Gasteiger partial charge in [-0.15, -0.1) is 0 Å². The molecule has 0 aromatic heterocycles. The summed E-state index contributed by atoms with van der Waals surface area (Å²) >= 11 is 0. The molecule has 0 radical (unpaired) electrons. The first-order valence-electron chi connectivity index (χ1n) is 5.02. The molecule has 0 rings (SSSR count). The summed E-state index contributed by atoms with van der Waals surface area (Å²) in [6.45, 7) is 4.28. The van der Waals surface area contributed by atoms with Crippen molar-refractivity contribution >= 4 is 5.91 Å². The van der Waals surface area contributed by atoms with Crippen LogP contribution < -0.4 is 5.32 Å². The first-order chi connectivity index (χ1) is 6.56. The SMILES string of the molecule is COCCC(C)NC(=O)CCC(C)O. The molecule has 2 N–H and O–H groups in total. The van der Waals surface area contributed by atoms with E-state index in [1.165, 1.54) is 0 Å². The zero-order valence-electron chi connectivity index (χ0n) is 9.25. The lowest BCUT2D eigenvalue weighted by Crippen LogP contribution is -2.33. The van der Waals surface area contributed by atoms with Gasteiger partial charge in [-0.3, -0.25) is 4.79 Å². The second kappa shape index (κ2) is 7.76. The molecule has 0 fully saturated rings. The molecule has 0 aromatic carbocycles. The van der Waals surface area contributed by atoms with Gasteiger partial charge in [0.25, 0.3) is 0 Å². The highest BCUT2D eigenvalue weighted by atomic mass is 16.5. The fourth-order valence-corrected chi connectivity index (χ4v) is 1.05. The van der Waals surface area contributed by atoms with Crippen molar-refractivity contribution in [1.29, 1.82) is 0 Å². The average molecular weight is 203 g/mol. The van der Waals surface area contributed by atoms with Gasteiger partial charge in [0.2, 0.25) is 5.91 Å². The van der Waals surface area contributed by atoms with Crippen LogP contribution in [0.5, 0.6) is 0 Å². The molecule has 84 valence electrons. The number of methoxy groups -OCH3 is 1. The monoisotopic (exact) mass is 203 g/mol. The summed E-state index contributed by atoms with van der Waals surface area (Å²) in [6, 6.07) is 0.136. The molecule has 0 aliphatic carbocycles. The van der Waals surface area contributed by atoms with Gasteiger partial charge in [-0.25, -0.2) is 0 Å². The number of aliphatic hydroxyl groups excluding tert-OH is 1. The topological polar surface area (TPSA) is 58.6 Å². The van der Waals surface area contributed by atoms with Crippen molar-refractivity contribution in [3.63, 3.8) is 0 Å². The molecule has 14 heavy (non-hydrogen) atoms. The fourth-order valence-electron chi connectivity index (χ4n) is 1.05. The van der Waals surface area contributed by atoms with Gasteiger partial charge in [-0.05, 0) is 26.7 Å². The number of carbonyl (C=O) groups excluding carboxylic acids is 1. The van der Waals surface area contributed by atoms with Crippen LogP contribution in [0.15, 0.2) is 0 Å². The molecule has 4 nitrogen and oxygen atoms in total. The number of amides is 1. The molecule has 0 saturated carbocycles. The Labute approximate surface area is 85.6 Å². The first kappa shape index (κ1) is 13.4. The Balaban J connectivity index is 3.50. The smallest absolute Gasteiger partial charge is 0.220 e. The summed E-state index contributed by atoms with van der Waals surface area (Å²) < 4.78 is 4.90. The lowest BCUT2D eigenvalue weighted by Gasteiger charge is -2.13. The number of rotatable bonds is 7. The van der Waals surface area contributed by atoms with Crippen LogP contribution in [0.3, 0.4) is 0 Å². The predicted molar refractivity (Wildman–Crippen MR) is 55.0 cm³/mol. The van der Waals surface area contributed by atoms with Crippen LogP contribution in [-0.4, -0.2) is 36.9 Å². The number of aliphatic hydroxyl groups is 1. The molecule has 0 bridgehead atoms. The van der Waals surface area contributed by atoms with E-state index in [0.717, 1.165) is 6.42 Å². The maximum atomic E-state index is 11.3. The second-order valence-electron chi connectivity index (χ2n) is 3.64. The van der Waals surface area contributed by atoms with E-state index in [1.54, 1.807) is 14.0 Å². The van der Waals surface area contributed by atoms with E-state index in [-0.39, 0.29) is 11.9 Å². The molecule has 1 amide bonds. The Morgan fingerprint density at radius 3 is 2.57 bits per heavy atom. The van der Waals surface area contributed by atoms with Crippen LogP contribution in [0.4, 0.5) is 0 Å². The van der Waals surface area contributed by atoms with Crippen molar-refractivity contribution in [2.75, 3.05) is 13.7 Å². The largest absolute Gasteiger partial charge is 0.393 e. The predicted octanol–water partition coefficient (Wildman–Crippen LogP) is 0.689. The molecule has 4 heteroatoms. The Bertz CT molecular complexity index is 159. The van der Waals surface area contributed by atoms with Gasteiger partial charge >= 0.3 is 0 Å². The minimum Gasteiger partial charge on any atom is -0.393 e. The Hall–Kier alpha value is -0.610. The maximum absolute atomic E-state index is 11.3. The number of hydrogen-bond donors (Lipinski definition) is 2. The molecule has 0 heterocycles. The summed E-state index contributed by atoms with van der Waals surface area (Å²) in [7, 11) is 1.64. The maximum Gasteiger partial charge on any atom is 0.220 e. The van der Waals surface area contributed by atoms with Crippen LogP contribution >= 0.6 is 0 Å². The minimum atomic E-state index is -0.407. The van der Waals surface area contributed by atoms with E-state index in [1.807, 2.05) is 6.92 Å². The quantitative estimate of drug-likeness (QED) is 0.640. The number of carbonyl (C=O) groups is 1. The Morgan fingerprint density at radius 1 is 1.43 bits per heavy atom. The summed E-state index contributed by atoms with van der Waals surface area (Å²) in [5.41, 5.74) is 0. The molecular weight excluding hydrogens is 182 g/mol. The molecule has 0 aliphatic rings. The number of ether oxygens (including phenoxy) is 1. The standard InChI is InChI=1S/C10H21NO3/c1-8(6-7-14-3)11-10(13)5-4-9(2)12/h8-9,12H,4-7H2,1-3H3,(H,11,13). The highest BCUT2D eigenvalue weighted by molar-refractivity contribution is 5.76. The van der Waals surface area contributed by atoms with Crippen LogP contribution in [-0.2, 0) is 9.53 Å². The Kier molecular flexibility index (Phi) is 7.42. The van der Waals surface area contributed by atoms with Crippen LogP contribution in [0.25, 0.3) is 0 Å². The molecule has 0 spiro atoms. The zero-order valence-corrected chi connectivity index (χ0v) is 9.25. The minimum absolute atomic E-state index is 0.00509. The third-order valence-corrected chi connectivity index (χ3v) is 1.95. The molecule has 0 aliphatic heterocycles. The van der Waals surface area contributed by atoms with Crippen molar-refractivity contribution in [3.8, 4) is 0 Å². The van der Waals surface area contributed by atoms with E-state index in [0.29, 0.717) is 19.4 Å². The third kappa shape index (κ3) is 8.01. The lowest BCUT2D eigenvalue weighted by molar-refractivity contribution is -0.122. The van der Waals surface area contributed by atoms with Crippen molar-refractivity contribution < 1.29 is 14.6 Å². The van der Waals surface area contributed by atoms with Gasteiger partial charge in [-0.1, -0.05) is 0 Å². The van der Waals surface area contributed by atoms with E-state index in [4.69, 9.17) is 9.84 Å². The zero-order chi connectivity index (χ0) is 11.0. The fraction of sp³-hybridized carbons (Fsp3) is 0.900. The highest BCUT2D eigenvalue weighted by Crippen LogP contribution is 1.97. The van der Waals surface area contributed by atoms with Gasteiger partial charge in [-0.2, -0.15) is 0 Å². The van der Waals surface area contributed by atoms with Gasteiger partial charge in [0.05, 0.1) is 6.10 Å². The molecule has 0 aromatic rings. The van der Waals surface area contributed by atoms with Gasteiger partial charge in [0.15, 0.2) is 0 Å².